The van der Waals surface area contributed by atoms with Crippen LogP contribution in [0, 0.1) is 47.2 Å². The van der Waals surface area contributed by atoms with E-state index in [2.05, 4.69) is 60.6 Å². The van der Waals surface area contributed by atoms with Gasteiger partial charge in [-0.05, 0) is 183 Å². The Hall–Kier alpha value is -6.33. The van der Waals surface area contributed by atoms with E-state index in [4.69, 9.17) is 105 Å². The van der Waals surface area contributed by atoms with Gasteiger partial charge in [0.05, 0.1) is 79.0 Å². The van der Waals surface area contributed by atoms with E-state index in [0.29, 0.717) is 95.4 Å². The molecule has 812 valence electrons. The fraction of sp³-hybridized carbons (Fsp3) is 0.588. The second-order valence-corrected chi connectivity index (χ2v) is 45.4. The predicted molar refractivity (Wildman–Crippen MR) is 602 cm³/mol. The van der Waals surface area contributed by atoms with Crippen LogP contribution in [0.3, 0.4) is 0 Å². The normalized spacial score (nSPS) is 18.0. The molecule has 14 rings (SSSR count). The first-order chi connectivity index (χ1) is 70.1. The number of methoxy groups -OCH3 is 1. The molecule has 28 heteroatoms. The summed E-state index contributed by atoms with van der Waals surface area (Å²) in [5.41, 5.74) is 7.08. The zero-order chi connectivity index (χ0) is 108. The van der Waals surface area contributed by atoms with Gasteiger partial charge < -0.3 is 38.8 Å². The van der Waals surface area contributed by atoms with Gasteiger partial charge in [-0.1, -0.05) is 277 Å². The SMILES string of the molecule is CC(C)C(=O)[C@@H](CN1CCN(C)CC1)c1ccc(Cl)cc1.CC(C)C(=O)[C@@H](CN1CCOCC1)c1ccc(Cl)cc1.CC(C)C(=O)[C@H](CN(C)C1CCOCC1)c1ccc(Cl)cc1.CC(C)C(=O)[C@H](CN1CCOCC1)c1ccc(Cl)cc1.CC(C)C(=O)[C@H](CNC1CCCC1)c1ccc(Cl)c(F)c1.CCN(C[C@@H](C(=O)C(C)C)c1ccc(Cl)cc1)C1CCOCC1.COC1CN(CC(C(=O)C(C)C)c2ccc(Cl)cc2)C1. The Morgan fingerprint density at radius 2 is 0.626 bits per heavy atom. The molecule has 0 bridgehead atoms. The minimum absolute atomic E-state index is 0.0313. The van der Waals surface area contributed by atoms with Crippen LogP contribution >= 0.6 is 81.2 Å². The highest BCUT2D eigenvalue weighted by molar-refractivity contribution is 6.32. The van der Waals surface area contributed by atoms with Gasteiger partial charge >= 0.3 is 0 Å². The van der Waals surface area contributed by atoms with Gasteiger partial charge in [0.2, 0.25) is 0 Å². The second-order valence-electron chi connectivity index (χ2n) is 42.4. The maximum atomic E-state index is 13.7. The number of nitrogens with zero attached hydrogens (tertiary/aromatic N) is 7. The maximum Gasteiger partial charge on any atom is 0.144 e. The van der Waals surface area contributed by atoms with E-state index in [9.17, 15) is 38.0 Å². The van der Waals surface area contributed by atoms with Crippen molar-refractivity contribution in [3.05, 3.63) is 244 Å². The van der Waals surface area contributed by atoms with Gasteiger partial charge in [-0.15, -0.1) is 0 Å². The van der Waals surface area contributed by atoms with Crippen LogP contribution in [0.5, 0.6) is 0 Å². The van der Waals surface area contributed by atoms with E-state index in [0.717, 1.165) is 236 Å². The number of Topliss-reactive ketones (excluding diaryl/α,β-unsaturated/α-hetero) is 7. The molecule has 0 radical (unpaired) electrons. The number of benzene rings is 7. The number of piperazine rings is 1. The van der Waals surface area contributed by atoms with Crippen molar-refractivity contribution < 1.29 is 61.6 Å². The lowest BCUT2D eigenvalue weighted by atomic mass is 9.87. The van der Waals surface area contributed by atoms with Crippen molar-refractivity contribution in [2.75, 3.05) is 192 Å². The second kappa shape index (κ2) is 66.0. The number of carbonyl (C=O) groups excluding carboxylic acids is 7. The van der Waals surface area contributed by atoms with Gasteiger partial charge in [-0.3, -0.25) is 58.1 Å². The molecule has 1 unspecified atom stereocenters. The van der Waals surface area contributed by atoms with Crippen LogP contribution in [0.4, 0.5) is 4.39 Å². The number of nitrogens with one attached hydrogen (secondary N) is 1. The highest BCUT2D eigenvalue weighted by Crippen LogP contribution is 2.35. The molecule has 7 aromatic carbocycles. The predicted octanol–water partition coefficient (Wildman–Crippen LogP) is 24.1. The first-order valence-electron chi connectivity index (χ1n) is 53.5. The first kappa shape index (κ1) is 126. The largest absolute Gasteiger partial charge is 0.381 e. The Labute approximate surface area is 914 Å². The third kappa shape index (κ3) is 42.8. The fourth-order valence-corrected chi connectivity index (χ4v) is 20.4. The topological polar surface area (TPSA) is 200 Å². The van der Waals surface area contributed by atoms with Crippen molar-refractivity contribution >= 4 is 122 Å². The number of likely N-dealkylation sites (N-methyl/N-ethyl adjacent to an activating group) is 3. The molecule has 6 aliphatic heterocycles. The number of ketones is 7. The van der Waals surface area contributed by atoms with E-state index in [-0.39, 0.29) is 99.4 Å². The van der Waals surface area contributed by atoms with E-state index >= 15 is 0 Å². The average molecular weight is 2170 g/mol. The summed E-state index contributed by atoms with van der Waals surface area (Å²) in [4.78, 5) is 104. The average Bonchev–Trinajstić information content (AvgIpc) is 1.32. The van der Waals surface area contributed by atoms with Crippen LogP contribution in [0.25, 0.3) is 0 Å². The van der Waals surface area contributed by atoms with Gasteiger partial charge in [0, 0.05) is 234 Å². The van der Waals surface area contributed by atoms with Crippen LogP contribution in [-0.2, 0) is 57.2 Å². The van der Waals surface area contributed by atoms with Gasteiger partial charge in [-0.2, -0.15) is 0 Å². The Bertz CT molecular complexity index is 4940. The summed E-state index contributed by atoms with van der Waals surface area (Å²) in [5, 5.41) is 7.81. The minimum Gasteiger partial charge on any atom is -0.381 e. The van der Waals surface area contributed by atoms with Gasteiger partial charge in [0.25, 0.3) is 0 Å². The molecule has 147 heavy (non-hydrogen) atoms. The summed E-state index contributed by atoms with van der Waals surface area (Å²) in [6, 6.07) is 52.3. The van der Waals surface area contributed by atoms with Crippen LogP contribution in [0.1, 0.15) is 236 Å². The van der Waals surface area contributed by atoms with Crippen LogP contribution < -0.4 is 5.32 Å². The summed E-state index contributed by atoms with van der Waals surface area (Å²) >= 11 is 41.5. The molecule has 0 amide bonds. The standard InChI is InChI=1S/C19H28ClNO2.C18H26ClNO2.C17H23ClFNO.C17H25ClN2O.3C16H22ClNO2/c1-4-21(17-9-11-23-12-10-17)13-18(19(22)14(2)3)15-5-7-16(20)8-6-15;1-13(2)18(21)17(14-4-6-15(19)7-5-14)12-20(3)16-8-10-22-11-9-16;1-11(2)17(21)14(10-20-13-5-3-4-6-13)12-7-8-15(18)16(19)9-12;1-13(2)17(21)16(14-4-6-15(18)7-5-14)12-20-10-8-19(3)9-11-20;1-11(2)16(19)15(10-18-8-14(9-18)20-3)12-4-6-13(17)7-5-12;2*1-12(2)16(19)15(11-18-7-9-20-10-8-18)13-3-5-14(17)6-4-13/h5-8,14,17-18H,4,9-13H2,1-3H3;4-7,13,16-17H,8-12H2,1-3H3;7-9,11,13-14,20H,3-6,10H2,1-2H3;4-7,13,16H,8-12H2,1-3H3;4-7,11,14-15H,8-10H2,1-3H3;2*3-6,12,15H,7-11H2,1-2H3/t18-;17-;14-;16-;;2*15-/m1110.10/s1. The van der Waals surface area contributed by atoms with Crippen molar-refractivity contribution in [1.29, 1.82) is 0 Å². The number of ether oxygens (including phenoxy) is 5. The van der Waals surface area contributed by atoms with Gasteiger partial charge in [-0.25, -0.2) is 4.39 Å². The Morgan fingerprint density at radius 1 is 0.354 bits per heavy atom. The van der Waals surface area contributed by atoms with Crippen molar-refractivity contribution in [3.8, 4) is 0 Å². The number of rotatable bonds is 40. The molecule has 7 aliphatic rings. The van der Waals surface area contributed by atoms with Crippen molar-refractivity contribution in [2.24, 2.45) is 41.4 Å². The Morgan fingerprint density at radius 3 is 0.932 bits per heavy atom. The van der Waals surface area contributed by atoms with Crippen LogP contribution in [0.15, 0.2) is 164 Å². The summed E-state index contributed by atoms with van der Waals surface area (Å²) in [6.07, 6.45) is 9.32. The molecule has 7 atom stereocenters. The first-order valence-corrected chi connectivity index (χ1v) is 56.1. The van der Waals surface area contributed by atoms with Gasteiger partial charge in [0.1, 0.15) is 46.3 Å². The van der Waals surface area contributed by atoms with Crippen molar-refractivity contribution in [3.63, 3.8) is 0 Å². The lowest BCUT2D eigenvalue weighted by molar-refractivity contribution is -0.125. The molecule has 1 saturated carbocycles. The molecule has 0 spiro atoms. The molecule has 1 aliphatic carbocycles. The fourth-order valence-electron chi connectivity index (χ4n) is 19.5. The summed E-state index contributed by atoms with van der Waals surface area (Å²) in [6.45, 7) is 51.7. The number of halogens is 8. The third-order valence-corrected chi connectivity index (χ3v) is 30.8. The molecule has 1 N–H and O–H groups in total. The molecule has 7 fully saturated rings. The Kier molecular flexibility index (Phi) is 56.5. The zero-order valence-electron chi connectivity index (χ0n) is 90.6. The van der Waals surface area contributed by atoms with E-state index < -0.39 is 5.82 Å². The molecule has 20 nitrogen and oxygen atoms in total. The molecule has 0 aromatic heterocycles. The Balaban J connectivity index is 0.000000209. The molecular weight excluding hydrogens is 2000 g/mol. The van der Waals surface area contributed by atoms with Crippen molar-refractivity contribution in [1.82, 2.24) is 39.6 Å². The number of hydrogen-bond acceptors (Lipinski definition) is 20. The molecular formula is C119H168Cl7FN8O12. The van der Waals surface area contributed by atoms with Crippen LogP contribution in [0.2, 0.25) is 35.2 Å². The van der Waals surface area contributed by atoms with E-state index in [1.807, 2.05) is 243 Å². The van der Waals surface area contributed by atoms with Crippen molar-refractivity contribution in [2.45, 2.75) is 221 Å². The summed E-state index contributed by atoms with van der Waals surface area (Å²) in [7, 11) is 6.00. The smallest absolute Gasteiger partial charge is 0.144 e. The van der Waals surface area contributed by atoms with E-state index in [1.165, 1.54) is 25.0 Å². The van der Waals surface area contributed by atoms with Crippen LogP contribution in [-0.4, -0.2) is 291 Å². The number of likely N-dealkylation sites (tertiary alicyclic amines) is 1. The minimum atomic E-state index is -0.461. The number of carbonyl (C=O) groups is 7. The quantitative estimate of drug-likeness (QED) is 0.0380. The lowest BCUT2D eigenvalue weighted by Crippen LogP contribution is -2.53. The zero-order valence-corrected chi connectivity index (χ0v) is 95.9. The summed E-state index contributed by atoms with van der Waals surface area (Å²) < 4.78 is 40.6. The highest BCUT2D eigenvalue weighted by atomic mass is 35.5. The summed E-state index contributed by atoms with van der Waals surface area (Å²) in [5.74, 6) is 0.845. The number of morpholine rings is 2. The molecule has 6 heterocycles. The van der Waals surface area contributed by atoms with Gasteiger partial charge in [0.15, 0.2) is 0 Å². The monoisotopic (exact) mass is 2170 g/mol. The lowest BCUT2D eigenvalue weighted by Gasteiger charge is -2.40. The molecule has 7 aromatic rings. The third-order valence-electron chi connectivity index (χ3n) is 29.0. The molecule has 6 saturated heterocycles. The maximum absolute atomic E-state index is 13.7. The highest BCUT2D eigenvalue weighted by Gasteiger charge is 2.37. The van der Waals surface area contributed by atoms with E-state index in [1.54, 1.807) is 13.2 Å². The number of hydrogen-bond donors (Lipinski definition) is 1.